The number of fused-ring (bicyclic) bond motifs is 2. The van der Waals surface area contributed by atoms with Crippen LogP contribution >= 0.6 is 0 Å². The Morgan fingerprint density at radius 3 is 1.71 bits per heavy atom. The zero-order chi connectivity index (χ0) is 11.2. The smallest absolute Gasteiger partial charge is 0.0857 e. The fourth-order valence-electron chi connectivity index (χ4n) is 3.22. The quantitative estimate of drug-likeness (QED) is 0.558. The molecule has 0 aromatic carbocycles. The van der Waals surface area contributed by atoms with Crippen LogP contribution in [0.3, 0.4) is 0 Å². The van der Waals surface area contributed by atoms with Crippen LogP contribution in [0.4, 0.5) is 0 Å². The van der Waals surface area contributed by atoms with E-state index in [1.165, 1.54) is 12.8 Å². The van der Waals surface area contributed by atoms with Gasteiger partial charge in [-0.05, 0) is 38.5 Å². The highest BCUT2D eigenvalue weighted by Crippen LogP contribution is 2.37. The van der Waals surface area contributed by atoms with Gasteiger partial charge in [-0.2, -0.15) is 11.0 Å². The maximum atomic E-state index is 5.49. The average Bonchev–Trinajstić information content (AvgIpc) is 3.22. The second kappa shape index (κ2) is 4.17. The van der Waals surface area contributed by atoms with Crippen LogP contribution in [-0.2, 0) is 14.4 Å². The Balaban J connectivity index is 1.15. The van der Waals surface area contributed by atoms with Crippen LogP contribution in [0.1, 0.15) is 38.5 Å². The Bertz CT molecular complexity index is 273. The van der Waals surface area contributed by atoms with E-state index < -0.39 is 0 Å². The first kappa shape index (κ1) is 10.7. The largest absolute Gasteiger partial charge is 0.370 e. The second-order valence-electron chi connectivity index (χ2n) is 5.78. The van der Waals surface area contributed by atoms with Crippen molar-refractivity contribution in [3.8, 4) is 0 Å². The van der Waals surface area contributed by atoms with Crippen molar-refractivity contribution in [2.45, 2.75) is 75.0 Å². The number of rotatable bonds is 4. The van der Waals surface area contributed by atoms with Crippen LogP contribution in [0.25, 0.3) is 0 Å². The molecular weight excluding hydrogens is 220 g/mol. The standard InChI is InChI=1S/C12H20N2O3/c1-3-9-11(15-9)5-7(1)13-17-14-8-2-4-10-12(6-8)16-10/h7-14H,1-6H2. The second-order valence-corrected chi connectivity index (χ2v) is 5.78. The molecule has 2 aliphatic heterocycles. The predicted octanol–water partition coefficient (Wildman–Crippen LogP) is 0.652. The molecule has 2 N–H and O–H groups in total. The van der Waals surface area contributed by atoms with Crippen LogP contribution < -0.4 is 11.0 Å². The van der Waals surface area contributed by atoms with Gasteiger partial charge in [-0.15, -0.1) is 0 Å². The van der Waals surface area contributed by atoms with E-state index >= 15 is 0 Å². The zero-order valence-corrected chi connectivity index (χ0v) is 9.93. The summed E-state index contributed by atoms with van der Waals surface area (Å²) in [6.07, 6.45) is 8.95. The van der Waals surface area contributed by atoms with Crippen LogP contribution in [-0.4, -0.2) is 36.5 Å². The highest BCUT2D eigenvalue weighted by molar-refractivity contribution is 4.94. The molecule has 96 valence electrons. The summed E-state index contributed by atoms with van der Waals surface area (Å²) in [6.45, 7) is 0. The first-order valence-corrected chi connectivity index (χ1v) is 6.86. The van der Waals surface area contributed by atoms with Gasteiger partial charge in [0.15, 0.2) is 0 Å². The molecule has 4 rings (SSSR count). The van der Waals surface area contributed by atoms with Gasteiger partial charge in [-0.1, -0.05) is 0 Å². The summed E-state index contributed by atoms with van der Waals surface area (Å²) in [5, 5.41) is 0. The third kappa shape index (κ3) is 2.35. The van der Waals surface area contributed by atoms with Gasteiger partial charge in [0.25, 0.3) is 0 Å². The van der Waals surface area contributed by atoms with Crippen molar-refractivity contribution in [2.75, 3.05) is 0 Å². The van der Waals surface area contributed by atoms with E-state index in [4.69, 9.17) is 14.4 Å². The Morgan fingerprint density at radius 1 is 0.706 bits per heavy atom. The number of nitrogens with one attached hydrogen (secondary N) is 2. The van der Waals surface area contributed by atoms with Gasteiger partial charge in [-0.3, -0.25) is 0 Å². The number of epoxide rings is 2. The molecule has 0 aromatic rings. The molecular formula is C12H20N2O3. The number of hydrogen-bond donors (Lipinski definition) is 2. The molecule has 6 unspecified atom stereocenters. The molecule has 0 bridgehead atoms. The van der Waals surface area contributed by atoms with E-state index in [-0.39, 0.29) is 0 Å². The van der Waals surface area contributed by atoms with Crippen molar-refractivity contribution >= 4 is 0 Å². The highest BCUT2D eigenvalue weighted by atomic mass is 16.8. The average molecular weight is 240 g/mol. The van der Waals surface area contributed by atoms with Crippen LogP contribution in [0.15, 0.2) is 0 Å². The van der Waals surface area contributed by atoms with E-state index in [9.17, 15) is 0 Å². The third-order valence-electron chi connectivity index (χ3n) is 4.46. The normalized spacial score (nSPS) is 51.5. The van der Waals surface area contributed by atoms with Crippen LogP contribution in [0.5, 0.6) is 0 Å². The molecule has 4 fully saturated rings. The molecule has 2 heterocycles. The molecule has 5 heteroatoms. The van der Waals surface area contributed by atoms with Gasteiger partial charge in [-0.25, -0.2) is 4.94 Å². The van der Waals surface area contributed by atoms with Crippen LogP contribution in [0, 0.1) is 0 Å². The maximum absolute atomic E-state index is 5.49. The molecule has 0 amide bonds. The Hall–Kier alpha value is -0.200. The fraction of sp³-hybridized carbons (Fsp3) is 1.00. The lowest BCUT2D eigenvalue weighted by molar-refractivity contribution is -0.0814. The van der Waals surface area contributed by atoms with E-state index in [2.05, 4.69) is 11.0 Å². The molecule has 0 spiro atoms. The lowest BCUT2D eigenvalue weighted by atomic mass is 9.96. The summed E-state index contributed by atoms with van der Waals surface area (Å²) >= 11 is 0. The lowest BCUT2D eigenvalue weighted by Crippen LogP contribution is -2.42. The van der Waals surface area contributed by atoms with Crippen molar-refractivity contribution < 1.29 is 14.4 Å². The van der Waals surface area contributed by atoms with E-state index in [0.717, 1.165) is 25.7 Å². The third-order valence-corrected chi connectivity index (χ3v) is 4.46. The Morgan fingerprint density at radius 2 is 1.24 bits per heavy atom. The Labute approximate surface area is 101 Å². The van der Waals surface area contributed by atoms with Gasteiger partial charge in [0.2, 0.25) is 0 Å². The summed E-state index contributed by atoms with van der Waals surface area (Å²) in [7, 11) is 0. The van der Waals surface area contributed by atoms with Crippen molar-refractivity contribution in [1.82, 2.24) is 11.0 Å². The highest BCUT2D eigenvalue weighted by Gasteiger charge is 2.45. The number of hydrogen-bond acceptors (Lipinski definition) is 5. The predicted molar refractivity (Wildman–Crippen MR) is 60.0 cm³/mol. The van der Waals surface area contributed by atoms with Gasteiger partial charge in [0, 0.05) is 12.1 Å². The Kier molecular flexibility index (Phi) is 2.63. The molecule has 2 saturated carbocycles. The minimum atomic E-state index is 0.444. The molecule has 2 saturated heterocycles. The molecule has 0 aromatic heterocycles. The van der Waals surface area contributed by atoms with Crippen molar-refractivity contribution in [3.63, 3.8) is 0 Å². The number of ether oxygens (including phenoxy) is 2. The topological polar surface area (TPSA) is 58.4 Å². The summed E-state index contributed by atoms with van der Waals surface area (Å²) in [5.74, 6) is 0. The minimum absolute atomic E-state index is 0.444. The molecule has 0 radical (unpaired) electrons. The first-order valence-electron chi connectivity index (χ1n) is 6.86. The van der Waals surface area contributed by atoms with Crippen molar-refractivity contribution in [3.05, 3.63) is 0 Å². The number of hydroxylamine groups is 2. The summed E-state index contributed by atoms with van der Waals surface area (Å²) < 4.78 is 11.0. The monoisotopic (exact) mass is 240 g/mol. The van der Waals surface area contributed by atoms with E-state index in [1.807, 2.05) is 0 Å². The van der Waals surface area contributed by atoms with Gasteiger partial charge in [0.1, 0.15) is 0 Å². The van der Waals surface area contributed by atoms with E-state index in [1.54, 1.807) is 0 Å². The van der Waals surface area contributed by atoms with Gasteiger partial charge < -0.3 is 9.47 Å². The van der Waals surface area contributed by atoms with Gasteiger partial charge >= 0.3 is 0 Å². The summed E-state index contributed by atoms with van der Waals surface area (Å²) in [6, 6.07) is 0.888. The van der Waals surface area contributed by atoms with E-state index in [0.29, 0.717) is 36.5 Å². The summed E-state index contributed by atoms with van der Waals surface area (Å²) in [5.41, 5.74) is 6.24. The van der Waals surface area contributed by atoms with Gasteiger partial charge in [0.05, 0.1) is 24.4 Å². The molecule has 5 nitrogen and oxygen atoms in total. The van der Waals surface area contributed by atoms with Crippen molar-refractivity contribution in [2.24, 2.45) is 0 Å². The maximum Gasteiger partial charge on any atom is 0.0857 e. The first-order chi connectivity index (χ1) is 8.38. The zero-order valence-electron chi connectivity index (χ0n) is 9.93. The van der Waals surface area contributed by atoms with Crippen LogP contribution in [0.2, 0.25) is 0 Å². The molecule has 6 atom stereocenters. The van der Waals surface area contributed by atoms with Crippen molar-refractivity contribution in [1.29, 1.82) is 0 Å². The minimum Gasteiger partial charge on any atom is -0.370 e. The molecule has 17 heavy (non-hydrogen) atoms. The fourth-order valence-corrected chi connectivity index (χ4v) is 3.22. The summed E-state index contributed by atoms with van der Waals surface area (Å²) in [4.78, 5) is 5.44. The lowest BCUT2D eigenvalue weighted by Gasteiger charge is -2.23. The molecule has 4 aliphatic rings. The molecule has 2 aliphatic carbocycles. The SMILES string of the molecule is C1CC2OC2CC1NONC1CCC2OC2C1.